The van der Waals surface area contributed by atoms with Crippen LogP contribution in [-0.2, 0) is 17.7 Å². The molecule has 31 heavy (non-hydrogen) atoms. The van der Waals surface area contributed by atoms with Crippen molar-refractivity contribution < 1.29 is 14.5 Å². The van der Waals surface area contributed by atoms with Crippen molar-refractivity contribution in [2.75, 3.05) is 6.61 Å². The number of imidazole rings is 1. The quantitative estimate of drug-likeness (QED) is 0.390. The molecule has 0 saturated carbocycles. The molecule has 0 fully saturated rings. The number of hydrogen-bond acceptors (Lipinski definition) is 7. The van der Waals surface area contributed by atoms with Crippen LogP contribution in [0.25, 0.3) is 0 Å². The van der Waals surface area contributed by atoms with Gasteiger partial charge in [-0.2, -0.15) is 0 Å². The number of benzene rings is 1. The molecule has 2 heterocycles. The summed E-state index contributed by atoms with van der Waals surface area (Å²) in [5, 5.41) is 12.1. The van der Waals surface area contributed by atoms with Crippen LogP contribution in [0.2, 0.25) is 0 Å². The molecule has 1 amide bonds. The molecular formula is C21H23N5O4S. The third-order valence-corrected chi connectivity index (χ3v) is 5.59. The summed E-state index contributed by atoms with van der Waals surface area (Å²) in [6.07, 6.45) is 3.00. The van der Waals surface area contributed by atoms with E-state index in [0.717, 1.165) is 27.0 Å². The van der Waals surface area contributed by atoms with Gasteiger partial charge in [-0.05, 0) is 29.7 Å². The lowest BCUT2D eigenvalue weighted by Gasteiger charge is -2.13. The highest BCUT2D eigenvalue weighted by Gasteiger charge is 2.21. The minimum Gasteiger partial charge on any atom is -0.449 e. The monoisotopic (exact) mass is 441 g/mol. The van der Waals surface area contributed by atoms with Crippen molar-refractivity contribution in [1.82, 2.24) is 14.5 Å². The number of aromatic nitrogens is 3. The van der Waals surface area contributed by atoms with E-state index in [0.29, 0.717) is 13.0 Å². The van der Waals surface area contributed by atoms with E-state index in [2.05, 4.69) is 9.55 Å². The maximum absolute atomic E-state index is 11.2. The second kappa shape index (κ2) is 10.1. The van der Waals surface area contributed by atoms with E-state index in [-0.39, 0.29) is 18.2 Å². The zero-order valence-electron chi connectivity index (χ0n) is 17.2. The van der Waals surface area contributed by atoms with Crippen LogP contribution >= 0.6 is 11.8 Å². The standard InChI is InChI=1S/C21H23N5O4S/c1-14(2)19-20(31-17-5-3-4-16(12-17)26(28)29)25(13-15-6-9-23-10-7-15)18(24-19)8-11-30-21(22)27/h3-7,9-10,12,14H,8,11,13H2,1-2H3,(H2,22,27). The fourth-order valence-corrected chi connectivity index (χ4v) is 4.24. The summed E-state index contributed by atoms with van der Waals surface area (Å²) in [5.74, 6) is 0.866. The number of primary amides is 1. The van der Waals surface area contributed by atoms with E-state index in [1.54, 1.807) is 24.5 Å². The molecule has 10 heteroatoms. The fraction of sp³-hybridized carbons (Fsp3) is 0.286. The van der Waals surface area contributed by atoms with Gasteiger partial charge in [0.15, 0.2) is 0 Å². The molecule has 9 nitrogen and oxygen atoms in total. The molecule has 1 aromatic carbocycles. The molecule has 0 bridgehead atoms. The van der Waals surface area contributed by atoms with E-state index in [1.165, 1.54) is 17.8 Å². The molecular weight excluding hydrogens is 418 g/mol. The summed E-state index contributed by atoms with van der Waals surface area (Å²) in [6.45, 7) is 4.73. The summed E-state index contributed by atoms with van der Waals surface area (Å²) in [5.41, 5.74) is 7.02. The number of non-ortho nitro benzene ring substituents is 1. The second-order valence-corrected chi connectivity index (χ2v) is 8.15. The normalized spacial score (nSPS) is 10.9. The van der Waals surface area contributed by atoms with Crippen LogP contribution in [0, 0.1) is 10.1 Å². The molecule has 0 spiro atoms. The molecule has 3 rings (SSSR count). The number of nitrogens with two attached hydrogens (primary N) is 1. The number of amides is 1. The summed E-state index contributed by atoms with van der Waals surface area (Å²) in [4.78, 5) is 31.4. The summed E-state index contributed by atoms with van der Waals surface area (Å²) in [7, 11) is 0. The first-order valence-electron chi connectivity index (χ1n) is 9.68. The zero-order chi connectivity index (χ0) is 22.4. The van der Waals surface area contributed by atoms with Crippen molar-refractivity contribution in [3.63, 3.8) is 0 Å². The van der Waals surface area contributed by atoms with Gasteiger partial charge in [0.05, 0.1) is 10.6 Å². The first-order valence-corrected chi connectivity index (χ1v) is 10.5. The lowest BCUT2D eigenvalue weighted by molar-refractivity contribution is -0.385. The van der Waals surface area contributed by atoms with Crippen molar-refractivity contribution in [2.45, 2.75) is 42.7 Å². The van der Waals surface area contributed by atoms with Gasteiger partial charge in [0.1, 0.15) is 17.5 Å². The average molecular weight is 442 g/mol. The Hall–Kier alpha value is -3.40. The van der Waals surface area contributed by atoms with Crippen molar-refractivity contribution in [3.8, 4) is 0 Å². The summed E-state index contributed by atoms with van der Waals surface area (Å²) in [6, 6.07) is 10.4. The maximum Gasteiger partial charge on any atom is 0.404 e. The van der Waals surface area contributed by atoms with Crippen molar-refractivity contribution in [1.29, 1.82) is 0 Å². The van der Waals surface area contributed by atoms with Gasteiger partial charge in [-0.25, -0.2) is 9.78 Å². The number of nitro groups is 1. The van der Waals surface area contributed by atoms with E-state index < -0.39 is 11.0 Å². The van der Waals surface area contributed by atoms with Gasteiger partial charge in [0.2, 0.25) is 0 Å². The topological polar surface area (TPSA) is 126 Å². The van der Waals surface area contributed by atoms with Gasteiger partial charge in [-0.3, -0.25) is 15.1 Å². The molecule has 0 aliphatic rings. The summed E-state index contributed by atoms with van der Waals surface area (Å²) < 4.78 is 6.97. The molecule has 0 saturated heterocycles. The van der Waals surface area contributed by atoms with Crippen molar-refractivity contribution >= 4 is 23.5 Å². The minimum absolute atomic E-state index is 0.0337. The molecule has 2 aromatic heterocycles. The van der Waals surface area contributed by atoms with Crippen molar-refractivity contribution in [2.24, 2.45) is 5.73 Å². The third kappa shape index (κ3) is 5.82. The minimum atomic E-state index is -0.831. The molecule has 0 unspecified atom stereocenters. The number of nitro benzene ring substituents is 1. The molecule has 0 aliphatic heterocycles. The average Bonchev–Trinajstić information content (AvgIpc) is 3.06. The first kappa shape index (κ1) is 22.3. The number of nitrogens with zero attached hydrogens (tertiary/aromatic N) is 4. The maximum atomic E-state index is 11.2. The van der Waals surface area contributed by atoms with Crippen LogP contribution < -0.4 is 5.73 Å². The highest BCUT2D eigenvalue weighted by atomic mass is 32.2. The lowest BCUT2D eigenvalue weighted by atomic mass is 10.1. The van der Waals surface area contributed by atoms with Crippen LogP contribution in [0.4, 0.5) is 10.5 Å². The Labute approximate surface area is 183 Å². The fourth-order valence-electron chi connectivity index (χ4n) is 3.03. The number of carbonyl (C=O) groups is 1. The Kier molecular flexibility index (Phi) is 7.24. The van der Waals surface area contributed by atoms with Gasteiger partial charge in [0, 0.05) is 42.4 Å². The Morgan fingerprint density at radius 2 is 2.03 bits per heavy atom. The zero-order valence-corrected chi connectivity index (χ0v) is 18.0. The number of hydrogen-bond donors (Lipinski definition) is 1. The Balaban J connectivity index is 2.03. The predicted octanol–water partition coefficient (Wildman–Crippen LogP) is 4.15. The van der Waals surface area contributed by atoms with Crippen LogP contribution in [0.3, 0.4) is 0 Å². The molecule has 2 N–H and O–H groups in total. The Morgan fingerprint density at radius 3 is 2.68 bits per heavy atom. The van der Waals surface area contributed by atoms with Crippen LogP contribution in [0.5, 0.6) is 0 Å². The van der Waals surface area contributed by atoms with E-state index in [9.17, 15) is 14.9 Å². The number of pyridine rings is 1. The lowest BCUT2D eigenvalue weighted by Crippen LogP contribution is -2.16. The molecule has 3 aromatic rings. The molecule has 0 radical (unpaired) electrons. The van der Waals surface area contributed by atoms with E-state index >= 15 is 0 Å². The second-order valence-electron chi connectivity index (χ2n) is 7.09. The van der Waals surface area contributed by atoms with Gasteiger partial charge >= 0.3 is 6.09 Å². The van der Waals surface area contributed by atoms with Crippen molar-refractivity contribution in [3.05, 3.63) is 76.0 Å². The highest BCUT2D eigenvalue weighted by Crippen LogP contribution is 2.36. The number of rotatable bonds is 9. The van der Waals surface area contributed by atoms with Crippen LogP contribution in [0.1, 0.15) is 36.8 Å². The third-order valence-electron chi connectivity index (χ3n) is 4.48. The SMILES string of the molecule is CC(C)c1nc(CCOC(N)=O)n(Cc2ccncc2)c1Sc1cccc([N+](=O)[O-])c1. The smallest absolute Gasteiger partial charge is 0.404 e. The largest absolute Gasteiger partial charge is 0.449 e. The highest BCUT2D eigenvalue weighted by molar-refractivity contribution is 7.99. The van der Waals surface area contributed by atoms with Gasteiger partial charge in [-0.15, -0.1) is 0 Å². The van der Waals surface area contributed by atoms with E-state index in [1.807, 2.05) is 32.0 Å². The van der Waals surface area contributed by atoms with Gasteiger partial charge < -0.3 is 15.0 Å². The van der Waals surface area contributed by atoms with Crippen LogP contribution in [0.15, 0.2) is 58.7 Å². The van der Waals surface area contributed by atoms with Crippen LogP contribution in [-0.4, -0.2) is 32.2 Å². The molecule has 162 valence electrons. The molecule has 0 aliphatic carbocycles. The number of ether oxygens (including phenoxy) is 1. The molecule has 0 atom stereocenters. The van der Waals surface area contributed by atoms with Gasteiger partial charge in [-0.1, -0.05) is 31.7 Å². The number of carbonyl (C=O) groups excluding carboxylic acids is 1. The van der Waals surface area contributed by atoms with E-state index in [4.69, 9.17) is 15.5 Å². The first-order chi connectivity index (χ1) is 14.8. The Morgan fingerprint density at radius 1 is 1.29 bits per heavy atom. The van der Waals surface area contributed by atoms with Gasteiger partial charge in [0.25, 0.3) is 5.69 Å². The summed E-state index contributed by atoms with van der Waals surface area (Å²) >= 11 is 1.43. The predicted molar refractivity (Wildman–Crippen MR) is 116 cm³/mol. The Bertz CT molecular complexity index is 1070.